The van der Waals surface area contributed by atoms with Crippen molar-refractivity contribution in [3.63, 3.8) is 0 Å². The number of nitrogens with zero attached hydrogens (tertiary/aromatic N) is 1. The van der Waals surface area contributed by atoms with E-state index in [4.69, 9.17) is 11.6 Å². The van der Waals surface area contributed by atoms with E-state index >= 15 is 0 Å². The van der Waals surface area contributed by atoms with Crippen molar-refractivity contribution in [3.05, 3.63) is 70.4 Å². The summed E-state index contributed by atoms with van der Waals surface area (Å²) in [7, 11) is 0. The van der Waals surface area contributed by atoms with Gasteiger partial charge in [0.05, 0.1) is 0 Å². The van der Waals surface area contributed by atoms with Crippen LogP contribution in [0.15, 0.2) is 54.2 Å². The van der Waals surface area contributed by atoms with E-state index < -0.39 is 5.91 Å². The molecule has 0 spiro atoms. The molecule has 116 valence electrons. The summed E-state index contributed by atoms with van der Waals surface area (Å²) in [4.78, 5) is 12.2. The maximum atomic E-state index is 12.2. The second-order valence-electron chi connectivity index (χ2n) is 5.05. The first-order chi connectivity index (χ1) is 11.0. The Bertz CT molecular complexity index is 806. The van der Waals surface area contributed by atoms with E-state index in [1.54, 1.807) is 12.1 Å². The number of hydrogen-bond donors (Lipinski definition) is 2. The Labute approximate surface area is 140 Å². The van der Waals surface area contributed by atoms with E-state index in [2.05, 4.69) is 10.6 Å². The van der Waals surface area contributed by atoms with E-state index in [1.165, 1.54) is 6.20 Å². The van der Waals surface area contributed by atoms with Gasteiger partial charge >= 0.3 is 0 Å². The highest BCUT2D eigenvalue weighted by molar-refractivity contribution is 6.31. The highest BCUT2D eigenvalue weighted by atomic mass is 35.5. The molecule has 0 bridgehead atoms. The monoisotopic (exact) mass is 325 g/mol. The number of carbonyl (C=O) groups excluding carboxylic acids is 1. The van der Waals surface area contributed by atoms with E-state index in [9.17, 15) is 10.1 Å². The SMILES string of the molecule is Cc1ccc(N/C=C(/C#N)C(=O)Nc2ccccc2C)cc1Cl. The van der Waals surface area contributed by atoms with E-state index in [1.807, 2.05) is 50.2 Å². The quantitative estimate of drug-likeness (QED) is 0.646. The summed E-state index contributed by atoms with van der Waals surface area (Å²) in [6.07, 6.45) is 1.37. The molecule has 0 aliphatic heterocycles. The predicted molar refractivity (Wildman–Crippen MR) is 93.3 cm³/mol. The Morgan fingerprint density at radius 3 is 2.57 bits per heavy atom. The zero-order valence-corrected chi connectivity index (χ0v) is 13.6. The van der Waals surface area contributed by atoms with Crippen molar-refractivity contribution in [2.75, 3.05) is 10.6 Å². The molecule has 1 amide bonds. The van der Waals surface area contributed by atoms with E-state index in [0.717, 1.165) is 11.1 Å². The van der Waals surface area contributed by atoms with Crippen molar-refractivity contribution in [1.29, 1.82) is 5.26 Å². The molecule has 0 saturated carbocycles. The predicted octanol–water partition coefficient (Wildman–Crippen LogP) is 4.41. The van der Waals surface area contributed by atoms with Crippen molar-refractivity contribution in [2.24, 2.45) is 0 Å². The number of aryl methyl sites for hydroxylation is 2. The van der Waals surface area contributed by atoms with Gasteiger partial charge in [-0.3, -0.25) is 4.79 Å². The number of rotatable bonds is 4. The van der Waals surface area contributed by atoms with Gasteiger partial charge in [0.2, 0.25) is 0 Å². The normalized spacial score (nSPS) is 10.8. The largest absolute Gasteiger partial charge is 0.360 e. The van der Waals surface area contributed by atoms with Gasteiger partial charge in [0, 0.05) is 22.6 Å². The number of benzene rings is 2. The average Bonchev–Trinajstić information content (AvgIpc) is 2.53. The molecule has 0 fully saturated rings. The van der Waals surface area contributed by atoms with Crippen LogP contribution in [0, 0.1) is 25.2 Å². The van der Waals surface area contributed by atoms with Crippen molar-refractivity contribution < 1.29 is 4.79 Å². The second-order valence-corrected chi connectivity index (χ2v) is 5.45. The summed E-state index contributed by atoms with van der Waals surface area (Å²) in [6.45, 7) is 3.79. The minimum absolute atomic E-state index is 0.0232. The van der Waals surface area contributed by atoms with Crippen LogP contribution in [0.2, 0.25) is 5.02 Å². The molecule has 23 heavy (non-hydrogen) atoms. The number of nitrogens with one attached hydrogen (secondary N) is 2. The summed E-state index contributed by atoms with van der Waals surface area (Å²) in [6, 6.07) is 14.7. The van der Waals surface area contributed by atoms with E-state index in [-0.39, 0.29) is 5.57 Å². The number of anilines is 2. The fourth-order valence-electron chi connectivity index (χ4n) is 1.89. The lowest BCUT2D eigenvalue weighted by molar-refractivity contribution is -0.112. The Kier molecular flexibility index (Phi) is 5.40. The fourth-order valence-corrected chi connectivity index (χ4v) is 2.07. The molecule has 2 rings (SSSR count). The number of para-hydroxylation sites is 1. The van der Waals surface area contributed by atoms with Crippen LogP contribution in [0.3, 0.4) is 0 Å². The van der Waals surface area contributed by atoms with Gasteiger partial charge in [-0.1, -0.05) is 35.9 Å². The van der Waals surface area contributed by atoms with Crippen LogP contribution in [0.5, 0.6) is 0 Å². The number of carbonyl (C=O) groups is 1. The van der Waals surface area contributed by atoms with Crippen LogP contribution in [-0.4, -0.2) is 5.91 Å². The van der Waals surface area contributed by atoms with Crippen LogP contribution >= 0.6 is 11.6 Å². The van der Waals surface area contributed by atoms with Crippen molar-refractivity contribution in [1.82, 2.24) is 0 Å². The Balaban J connectivity index is 2.12. The molecular formula is C18H16ClN3O. The van der Waals surface area contributed by atoms with Gasteiger partial charge in [-0.05, 0) is 43.2 Å². The Morgan fingerprint density at radius 2 is 1.91 bits per heavy atom. The Hall–Kier alpha value is -2.77. The van der Waals surface area contributed by atoms with Gasteiger partial charge in [-0.15, -0.1) is 0 Å². The maximum absolute atomic E-state index is 12.2. The third-order valence-electron chi connectivity index (χ3n) is 3.31. The summed E-state index contributed by atoms with van der Waals surface area (Å²) < 4.78 is 0. The molecule has 0 heterocycles. The molecule has 0 aliphatic carbocycles. The van der Waals surface area contributed by atoms with Crippen molar-refractivity contribution in [3.8, 4) is 6.07 Å². The summed E-state index contributed by atoms with van der Waals surface area (Å²) in [5.74, 6) is -0.465. The van der Waals surface area contributed by atoms with Crippen LogP contribution in [0.25, 0.3) is 0 Å². The van der Waals surface area contributed by atoms with Crippen molar-refractivity contribution >= 4 is 28.9 Å². The number of nitriles is 1. The van der Waals surface area contributed by atoms with E-state index in [0.29, 0.717) is 16.4 Å². The first-order valence-electron chi connectivity index (χ1n) is 7.01. The molecule has 0 radical (unpaired) electrons. The number of amides is 1. The molecule has 0 aromatic heterocycles. The zero-order chi connectivity index (χ0) is 16.8. The third-order valence-corrected chi connectivity index (χ3v) is 3.72. The zero-order valence-electron chi connectivity index (χ0n) is 12.9. The molecule has 5 heteroatoms. The minimum atomic E-state index is -0.465. The van der Waals surface area contributed by atoms with Crippen LogP contribution in [-0.2, 0) is 4.79 Å². The highest BCUT2D eigenvalue weighted by Crippen LogP contribution is 2.20. The van der Waals surface area contributed by atoms with Gasteiger partial charge in [0.25, 0.3) is 5.91 Å². The van der Waals surface area contributed by atoms with Gasteiger partial charge in [0.15, 0.2) is 0 Å². The summed E-state index contributed by atoms with van der Waals surface area (Å²) in [5.41, 5.74) is 3.24. The molecule has 0 atom stereocenters. The molecular weight excluding hydrogens is 310 g/mol. The van der Waals surface area contributed by atoms with Gasteiger partial charge in [-0.2, -0.15) is 5.26 Å². The molecule has 2 aromatic rings. The van der Waals surface area contributed by atoms with Crippen LogP contribution < -0.4 is 10.6 Å². The second kappa shape index (κ2) is 7.48. The van der Waals surface area contributed by atoms with Crippen LogP contribution in [0.4, 0.5) is 11.4 Å². The minimum Gasteiger partial charge on any atom is -0.360 e. The lowest BCUT2D eigenvalue weighted by atomic mass is 10.2. The molecule has 2 N–H and O–H groups in total. The maximum Gasteiger partial charge on any atom is 0.267 e. The number of halogens is 1. The molecule has 0 unspecified atom stereocenters. The average molecular weight is 326 g/mol. The Morgan fingerprint density at radius 1 is 1.17 bits per heavy atom. The molecule has 2 aromatic carbocycles. The first kappa shape index (κ1) is 16.6. The van der Waals surface area contributed by atoms with Gasteiger partial charge < -0.3 is 10.6 Å². The molecule has 0 saturated heterocycles. The fraction of sp³-hybridized carbons (Fsp3) is 0.111. The lowest BCUT2D eigenvalue weighted by Crippen LogP contribution is -2.15. The van der Waals surface area contributed by atoms with Gasteiger partial charge in [0.1, 0.15) is 11.6 Å². The topological polar surface area (TPSA) is 64.9 Å². The van der Waals surface area contributed by atoms with Gasteiger partial charge in [-0.25, -0.2) is 0 Å². The smallest absolute Gasteiger partial charge is 0.267 e. The lowest BCUT2D eigenvalue weighted by Gasteiger charge is -2.08. The summed E-state index contributed by atoms with van der Waals surface area (Å²) >= 11 is 6.05. The molecule has 0 aliphatic rings. The first-order valence-corrected chi connectivity index (χ1v) is 7.39. The number of hydrogen-bond acceptors (Lipinski definition) is 3. The van der Waals surface area contributed by atoms with Crippen molar-refractivity contribution in [2.45, 2.75) is 13.8 Å². The third kappa shape index (κ3) is 4.35. The standard InChI is InChI=1S/C18H16ClN3O/c1-12-7-8-15(9-16(12)19)21-11-14(10-20)18(23)22-17-6-4-3-5-13(17)2/h3-9,11,21H,1-2H3,(H,22,23)/b14-11-. The molecule has 4 nitrogen and oxygen atoms in total. The van der Waals surface area contributed by atoms with Crippen LogP contribution in [0.1, 0.15) is 11.1 Å². The highest BCUT2D eigenvalue weighted by Gasteiger charge is 2.10. The summed E-state index contributed by atoms with van der Waals surface area (Å²) in [5, 5.41) is 15.4.